The maximum Gasteiger partial charge on any atom is 0.133 e. The average molecular weight is 198 g/mol. The van der Waals surface area contributed by atoms with E-state index in [0.29, 0.717) is 17.6 Å². The zero-order chi connectivity index (χ0) is 10.3. The largest absolute Gasteiger partial charge is 0.300 e. The Bertz CT molecular complexity index is 421. The molecule has 0 aromatic rings. The lowest BCUT2D eigenvalue weighted by atomic mass is 9.69. The van der Waals surface area contributed by atoms with Crippen LogP contribution in [-0.4, -0.2) is 5.78 Å². The zero-order valence-electron chi connectivity index (χ0n) is 8.65. The molecule has 76 valence electrons. The van der Waals surface area contributed by atoms with Crippen molar-refractivity contribution in [1.29, 1.82) is 0 Å². The molecule has 0 spiro atoms. The van der Waals surface area contributed by atoms with Crippen molar-refractivity contribution < 1.29 is 4.79 Å². The van der Waals surface area contributed by atoms with E-state index in [9.17, 15) is 4.79 Å². The Labute approximate surface area is 89.9 Å². The average Bonchev–Trinajstić information content (AvgIpc) is 2.29. The molecule has 2 unspecified atom stereocenters. The monoisotopic (exact) mass is 198 g/mol. The highest BCUT2D eigenvalue weighted by molar-refractivity contribution is 5.81. The molecule has 1 saturated carbocycles. The third-order valence-electron chi connectivity index (χ3n) is 3.64. The first kappa shape index (κ1) is 8.90. The van der Waals surface area contributed by atoms with Gasteiger partial charge in [-0.2, -0.15) is 0 Å². The summed E-state index contributed by atoms with van der Waals surface area (Å²) in [5, 5.41) is 0. The van der Waals surface area contributed by atoms with Crippen molar-refractivity contribution >= 4 is 5.78 Å². The van der Waals surface area contributed by atoms with Gasteiger partial charge in [0.15, 0.2) is 0 Å². The summed E-state index contributed by atoms with van der Waals surface area (Å²) in [5.74, 6) is 1.34. The van der Waals surface area contributed by atoms with Crippen LogP contribution >= 0.6 is 0 Å². The lowest BCUT2D eigenvalue weighted by Crippen LogP contribution is -2.27. The molecule has 1 heteroatoms. The van der Waals surface area contributed by atoms with Gasteiger partial charge in [-0.3, -0.25) is 4.79 Å². The molecule has 3 aliphatic rings. The van der Waals surface area contributed by atoms with E-state index in [-0.39, 0.29) is 0 Å². The highest BCUT2D eigenvalue weighted by Gasteiger charge is 2.32. The summed E-state index contributed by atoms with van der Waals surface area (Å²) in [6.07, 6.45) is 15.5. The van der Waals surface area contributed by atoms with Crippen LogP contribution in [0.2, 0.25) is 0 Å². The summed E-state index contributed by atoms with van der Waals surface area (Å²) in [6, 6.07) is 0. The molecule has 2 atom stereocenters. The van der Waals surface area contributed by atoms with Crippen molar-refractivity contribution in [2.75, 3.05) is 0 Å². The Morgan fingerprint density at radius 3 is 3.00 bits per heavy atom. The number of rotatable bonds is 0. The van der Waals surface area contributed by atoms with Crippen LogP contribution in [0.1, 0.15) is 19.3 Å². The van der Waals surface area contributed by atoms with E-state index in [2.05, 4.69) is 36.5 Å². The summed E-state index contributed by atoms with van der Waals surface area (Å²) in [7, 11) is 0. The zero-order valence-corrected chi connectivity index (χ0v) is 8.65. The van der Waals surface area contributed by atoms with Crippen LogP contribution in [0, 0.1) is 11.8 Å². The predicted octanol–water partition coefficient (Wildman–Crippen LogP) is 2.96. The van der Waals surface area contributed by atoms with Gasteiger partial charge in [0.25, 0.3) is 0 Å². The Balaban J connectivity index is 1.98. The standard InChI is InChI=1S/C14H14O/c15-12-8-7-11-6-5-10-3-1-2-4-13(10)14(11)9-12/h1-6,13-14H,7-9H2. The molecule has 0 radical (unpaired) electrons. The number of hydrogen-bond acceptors (Lipinski definition) is 1. The van der Waals surface area contributed by atoms with E-state index in [1.165, 1.54) is 11.1 Å². The molecule has 0 aromatic carbocycles. The first-order valence-electron chi connectivity index (χ1n) is 5.62. The van der Waals surface area contributed by atoms with Crippen LogP contribution in [0.25, 0.3) is 0 Å². The van der Waals surface area contributed by atoms with Crippen molar-refractivity contribution in [3.05, 3.63) is 47.6 Å². The molecule has 3 rings (SSSR count). The molecular weight excluding hydrogens is 184 g/mol. The Morgan fingerprint density at radius 1 is 1.13 bits per heavy atom. The quantitative estimate of drug-likeness (QED) is 0.585. The topological polar surface area (TPSA) is 17.1 Å². The van der Waals surface area contributed by atoms with E-state index in [1.807, 2.05) is 0 Å². The summed E-state index contributed by atoms with van der Waals surface area (Å²) >= 11 is 0. The maximum atomic E-state index is 11.5. The molecule has 15 heavy (non-hydrogen) atoms. The van der Waals surface area contributed by atoms with E-state index in [4.69, 9.17) is 0 Å². The van der Waals surface area contributed by atoms with Crippen LogP contribution in [0.3, 0.4) is 0 Å². The normalized spacial score (nSPS) is 32.9. The summed E-state index contributed by atoms with van der Waals surface area (Å²) in [4.78, 5) is 11.5. The fraction of sp³-hybridized carbons (Fsp3) is 0.357. The van der Waals surface area contributed by atoms with Crippen LogP contribution in [0.4, 0.5) is 0 Å². The first-order valence-corrected chi connectivity index (χ1v) is 5.62. The second-order valence-electron chi connectivity index (χ2n) is 4.53. The summed E-state index contributed by atoms with van der Waals surface area (Å²) in [6.45, 7) is 0. The summed E-state index contributed by atoms with van der Waals surface area (Å²) < 4.78 is 0. The maximum absolute atomic E-state index is 11.5. The molecule has 0 N–H and O–H groups in total. The number of fused-ring (bicyclic) bond motifs is 3. The van der Waals surface area contributed by atoms with Crippen molar-refractivity contribution in [2.45, 2.75) is 19.3 Å². The van der Waals surface area contributed by atoms with Gasteiger partial charge in [-0.15, -0.1) is 0 Å². The first-order chi connectivity index (χ1) is 7.34. The molecule has 0 bridgehead atoms. The summed E-state index contributed by atoms with van der Waals surface area (Å²) in [5.41, 5.74) is 2.84. The third-order valence-corrected chi connectivity index (χ3v) is 3.64. The van der Waals surface area contributed by atoms with Gasteiger partial charge in [0, 0.05) is 18.8 Å². The lowest BCUT2D eigenvalue weighted by molar-refractivity contribution is -0.120. The fourth-order valence-corrected chi connectivity index (χ4v) is 2.82. The van der Waals surface area contributed by atoms with Gasteiger partial charge < -0.3 is 0 Å². The molecule has 1 fully saturated rings. The van der Waals surface area contributed by atoms with Gasteiger partial charge in [0.05, 0.1) is 0 Å². The van der Waals surface area contributed by atoms with Gasteiger partial charge in [0.1, 0.15) is 5.78 Å². The third kappa shape index (κ3) is 1.43. The highest BCUT2D eigenvalue weighted by atomic mass is 16.1. The number of ketones is 1. The van der Waals surface area contributed by atoms with Crippen molar-refractivity contribution in [1.82, 2.24) is 0 Å². The Hall–Kier alpha value is -1.37. The molecule has 0 aliphatic heterocycles. The Morgan fingerprint density at radius 2 is 2.07 bits per heavy atom. The van der Waals surface area contributed by atoms with Gasteiger partial charge >= 0.3 is 0 Å². The minimum atomic E-state index is 0.432. The van der Waals surface area contributed by atoms with Crippen molar-refractivity contribution in [3.63, 3.8) is 0 Å². The minimum absolute atomic E-state index is 0.432. The SMILES string of the molecule is O=C1CCC2=CC=C3C=CC=CC3C2C1. The molecule has 1 nitrogen and oxygen atoms in total. The smallest absolute Gasteiger partial charge is 0.133 e. The Kier molecular flexibility index (Phi) is 1.98. The molecule has 0 heterocycles. The highest BCUT2D eigenvalue weighted by Crippen LogP contribution is 2.41. The van der Waals surface area contributed by atoms with Crippen LogP contribution in [-0.2, 0) is 4.79 Å². The second-order valence-corrected chi connectivity index (χ2v) is 4.53. The van der Waals surface area contributed by atoms with E-state index >= 15 is 0 Å². The van der Waals surface area contributed by atoms with Gasteiger partial charge in [-0.1, -0.05) is 42.0 Å². The van der Waals surface area contributed by atoms with E-state index in [1.54, 1.807) is 0 Å². The predicted molar refractivity (Wildman–Crippen MR) is 60.3 cm³/mol. The second kappa shape index (κ2) is 3.34. The molecule has 0 aromatic heterocycles. The van der Waals surface area contributed by atoms with Gasteiger partial charge in [-0.05, 0) is 17.9 Å². The van der Waals surface area contributed by atoms with E-state index < -0.39 is 0 Å². The molecule has 0 saturated heterocycles. The number of carbonyl (C=O) groups excluding carboxylic acids is 1. The van der Waals surface area contributed by atoms with Crippen LogP contribution < -0.4 is 0 Å². The van der Waals surface area contributed by atoms with Crippen molar-refractivity contribution in [2.24, 2.45) is 11.8 Å². The molecule has 3 aliphatic carbocycles. The number of carbonyl (C=O) groups is 1. The number of allylic oxidation sites excluding steroid dienone is 8. The van der Waals surface area contributed by atoms with Gasteiger partial charge in [0.2, 0.25) is 0 Å². The molecular formula is C14H14O. The lowest BCUT2D eigenvalue weighted by Gasteiger charge is -2.34. The minimum Gasteiger partial charge on any atom is -0.300 e. The number of Topliss-reactive ketones (excluding diaryl/α,β-unsaturated/α-hetero) is 1. The number of hydrogen-bond donors (Lipinski definition) is 0. The van der Waals surface area contributed by atoms with Crippen LogP contribution in [0.15, 0.2) is 47.6 Å². The van der Waals surface area contributed by atoms with E-state index in [0.717, 1.165) is 19.3 Å². The van der Waals surface area contributed by atoms with Crippen molar-refractivity contribution in [3.8, 4) is 0 Å². The molecule has 0 amide bonds. The van der Waals surface area contributed by atoms with Crippen LogP contribution in [0.5, 0.6) is 0 Å². The van der Waals surface area contributed by atoms with Gasteiger partial charge in [-0.25, -0.2) is 0 Å². The fourth-order valence-electron chi connectivity index (χ4n) is 2.82.